The lowest BCUT2D eigenvalue weighted by Gasteiger charge is -2.31. The summed E-state index contributed by atoms with van der Waals surface area (Å²) in [4.78, 5) is 36.4. The quantitative estimate of drug-likeness (QED) is 0.728. The van der Waals surface area contributed by atoms with Gasteiger partial charge < -0.3 is 14.8 Å². The smallest absolute Gasteiger partial charge is 0.255 e. The first kappa shape index (κ1) is 17.9. The Kier molecular flexibility index (Phi) is 4.54. The Morgan fingerprint density at radius 3 is 2.72 bits per heavy atom. The van der Waals surface area contributed by atoms with Crippen molar-refractivity contribution >= 4 is 28.2 Å². The van der Waals surface area contributed by atoms with Crippen molar-refractivity contribution in [1.29, 1.82) is 0 Å². The Balaban J connectivity index is 1.48. The van der Waals surface area contributed by atoms with Gasteiger partial charge in [0.05, 0.1) is 5.56 Å². The number of benzene rings is 1. The van der Waals surface area contributed by atoms with Crippen LogP contribution in [0.3, 0.4) is 0 Å². The van der Waals surface area contributed by atoms with Crippen LogP contribution in [0.1, 0.15) is 41.6 Å². The first-order valence-electron chi connectivity index (χ1n) is 10.4. The molecule has 0 unspecified atom stereocenters. The standard InChI is InChI=1S/C23H24N4O2/c28-22-20-7-6-19(14-16(20)8-9-24-22)27-12-4-5-17-13-18(15-25-21(17)27)23(29)26-10-2-1-3-11-26/h6-9,13-15H,1-5,10-12H2,(H,24,28). The fraction of sp³-hybridized carbons (Fsp3) is 0.348. The number of fused-ring (bicyclic) bond motifs is 2. The van der Waals surface area contributed by atoms with Crippen LogP contribution in [-0.4, -0.2) is 40.4 Å². The van der Waals surface area contributed by atoms with Crippen LogP contribution in [0.5, 0.6) is 0 Å². The van der Waals surface area contributed by atoms with Gasteiger partial charge in [-0.2, -0.15) is 0 Å². The third-order valence-corrected chi connectivity index (χ3v) is 5.99. The van der Waals surface area contributed by atoms with Crippen LogP contribution < -0.4 is 10.5 Å². The monoisotopic (exact) mass is 388 g/mol. The highest BCUT2D eigenvalue weighted by Gasteiger charge is 2.24. The van der Waals surface area contributed by atoms with E-state index in [0.29, 0.717) is 10.9 Å². The van der Waals surface area contributed by atoms with E-state index in [1.54, 1.807) is 12.4 Å². The maximum Gasteiger partial charge on any atom is 0.255 e. The third-order valence-electron chi connectivity index (χ3n) is 5.99. The van der Waals surface area contributed by atoms with Crippen LogP contribution in [0.25, 0.3) is 10.8 Å². The number of carbonyl (C=O) groups is 1. The fourth-order valence-corrected chi connectivity index (χ4v) is 4.46. The number of amides is 1. The van der Waals surface area contributed by atoms with Gasteiger partial charge >= 0.3 is 0 Å². The Morgan fingerprint density at radius 1 is 1.00 bits per heavy atom. The van der Waals surface area contributed by atoms with Gasteiger partial charge in [-0.05, 0) is 73.4 Å². The van der Waals surface area contributed by atoms with Crippen molar-refractivity contribution in [2.45, 2.75) is 32.1 Å². The molecule has 0 spiro atoms. The molecular formula is C23H24N4O2. The number of pyridine rings is 2. The number of nitrogens with one attached hydrogen (secondary N) is 1. The van der Waals surface area contributed by atoms with Gasteiger partial charge in [-0.25, -0.2) is 4.98 Å². The molecular weight excluding hydrogens is 364 g/mol. The highest BCUT2D eigenvalue weighted by Crippen LogP contribution is 2.33. The van der Waals surface area contributed by atoms with Crippen LogP contribution in [0, 0.1) is 0 Å². The first-order chi connectivity index (χ1) is 14.2. The lowest BCUT2D eigenvalue weighted by atomic mass is 10.0. The largest absolute Gasteiger partial charge is 0.339 e. The van der Waals surface area contributed by atoms with E-state index in [1.165, 1.54) is 6.42 Å². The molecule has 0 atom stereocenters. The average Bonchev–Trinajstić information content (AvgIpc) is 2.78. The summed E-state index contributed by atoms with van der Waals surface area (Å²) in [6, 6.07) is 9.82. The number of H-pyrrole nitrogens is 1. The molecule has 1 N–H and O–H groups in total. The minimum absolute atomic E-state index is 0.0768. The lowest BCUT2D eigenvalue weighted by molar-refractivity contribution is 0.0724. The van der Waals surface area contributed by atoms with Gasteiger partial charge in [0.15, 0.2) is 0 Å². The predicted octanol–water partition coefficient (Wildman–Crippen LogP) is 3.63. The molecule has 4 heterocycles. The zero-order chi connectivity index (χ0) is 19.8. The minimum atomic E-state index is -0.0768. The summed E-state index contributed by atoms with van der Waals surface area (Å²) in [5.41, 5.74) is 2.75. The molecule has 0 bridgehead atoms. The lowest BCUT2D eigenvalue weighted by Crippen LogP contribution is -2.36. The number of rotatable bonds is 2. The van der Waals surface area contributed by atoms with Gasteiger partial charge in [0.2, 0.25) is 0 Å². The Morgan fingerprint density at radius 2 is 1.86 bits per heavy atom. The van der Waals surface area contributed by atoms with E-state index in [1.807, 2.05) is 35.2 Å². The van der Waals surface area contributed by atoms with Gasteiger partial charge in [0, 0.05) is 43.1 Å². The molecule has 1 saturated heterocycles. The highest BCUT2D eigenvalue weighted by molar-refractivity contribution is 5.94. The molecule has 148 valence electrons. The van der Waals surface area contributed by atoms with Crippen LogP contribution >= 0.6 is 0 Å². The number of hydrogen-bond donors (Lipinski definition) is 1. The molecule has 1 fully saturated rings. The summed E-state index contributed by atoms with van der Waals surface area (Å²) in [6.07, 6.45) is 8.70. The molecule has 0 radical (unpaired) electrons. The molecule has 0 aliphatic carbocycles. The summed E-state index contributed by atoms with van der Waals surface area (Å²) < 4.78 is 0. The Bertz CT molecular complexity index is 1130. The molecule has 2 aromatic heterocycles. The number of carbonyl (C=O) groups excluding carboxylic acids is 1. The number of aryl methyl sites for hydroxylation is 1. The van der Waals surface area contributed by atoms with E-state index in [0.717, 1.165) is 67.8 Å². The number of piperidine rings is 1. The topological polar surface area (TPSA) is 69.3 Å². The molecule has 2 aliphatic heterocycles. The SMILES string of the molecule is O=C(c1cnc2c(c1)CCCN2c1ccc2c(=O)[nH]ccc2c1)N1CCCCC1. The Labute approximate surface area is 169 Å². The second kappa shape index (κ2) is 7.35. The minimum Gasteiger partial charge on any atom is -0.339 e. The van der Waals surface area contributed by atoms with E-state index in [4.69, 9.17) is 4.98 Å². The van der Waals surface area contributed by atoms with Gasteiger partial charge in [0.25, 0.3) is 11.5 Å². The number of hydrogen-bond acceptors (Lipinski definition) is 4. The number of aromatic nitrogens is 2. The van der Waals surface area contributed by atoms with E-state index in [-0.39, 0.29) is 11.5 Å². The number of likely N-dealkylation sites (tertiary alicyclic amines) is 1. The molecule has 5 rings (SSSR count). The summed E-state index contributed by atoms with van der Waals surface area (Å²) in [5.74, 6) is 1.01. The average molecular weight is 388 g/mol. The highest BCUT2D eigenvalue weighted by atomic mass is 16.2. The van der Waals surface area contributed by atoms with Crippen LogP contribution in [0.2, 0.25) is 0 Å². The molecule has 6 heteroatoms. The van der Waals surface area contributed by atoms with E-state index >= 15 is 0 Å². The van der Waals surface area contributed by atoms with E-state index < -0.39 is 0 Å². The second-order valence-electron chi connectivity index (χ2n) is 7.89. The third kappa shape index (κ3) is 3.28. The van der Waals surface area contributed by atoms with Crippen molar-refractivity contribution < 1.29 is 4.79 Å². The molecule has 0 saturated carbocycles. The van der Waals surface area contributed by atoms with Crippen molar-refractivity contribution in [1.82, 2.24) is 14.9 Å². The normalized spacial score (nSPS) is 16.7. The van der Waals surface area contributed by atoms with Crippen molar-refractivity contribution in [3.8, 4) is 0 Å². The molecule has 1 aromatic carbocycles. The fourth-order valence-electron chi connectivity index (χ4n) is 4.46. The number of nitrogens with zero attached hydrogens (tertiary/aromatic N) is 3. The maximum atomic E-state index is 12.9. The maximum absolute atomic E-state index is 12.9. The zero-order valence-electron chi connectivity index (χ0n) is 16.4. The van der Waals surface area contributed by atoms with Crippen molar-refractivity contribution in [2.24, 2.45) is 0 Å². The summed E-state index contributed by atoms with van der Waals surface area (Å²) in [5, 5.41) is 1.60. The number of anilines is 2. The van der Waals surface area contributed by atoms with Crippen molar-refractivity contribution in [3.05, 3.63) is 64.2 Å². The molecule has 29 heavy (non-hydrogen) atoms. The Hall–Kier alpha value is -3.15. The molecule has 6 nitrogen and oxygen atoms in total. The molecule has 2 aliphatic rings. The van der Waals surface area contributed by atoms with Gasteiger partial charge in [-0.15, -0.1) is 0 Å². The molecule has 1 amide bonds. The van der Waals surface area contributed by atoms with Crippen molar-refractivity contribution in [2.75, 3.05) is 24.5 Å². The predicted molar refractivity (Wildman–Crippen MR) is 114 cm³/mol. The van der Waals surface area contributed by atoms with Gasteiger partial charge in [-0.3, -0.25) is 9.59 Å². The summed E-state index contributed by atoms with van der Waals surface area (Å²) in [6.45, 7) is 2.56. The summed E-state index contributed by atoms with van der Waals surface area (Å²) in [7, 11) is 0. The van der Waals surface area contributed by atoms with Gasteiger partial charge in [-0.1, -0.05) is 0 Å². The zero-order valence-corrected chi connectivity index (χ0v) is 16.4. The molecule has 3 aromatic rings. The van der Waals surface area contributed by atoms with E-state index in [2.05, 4.69) is 9.88 Å². The number of aromatic amines is 1. The van der Waals surface area contributed by atoms with E-state index in [9.17, 15) is 9.59 Å². The second-order valence-corrected chi connectivity index (χ2v) is 7.89. The van der Waals surface area contributed by atoms with Crippen LogP contribution in [-0.2, 0) is 6.42 Å². The van der Waals surface area contributed by atoms with Gasteiger partial charge in [0.1, 0.15) is 5.82 Å². The van der Waals surface area contributed by atoms with Crippen LogP contribution in [0.4, 0.5) is 11.5 Å². The first-order valence-corrected chi connectivity index (χ1v) is 10.4. The summed E-state index contributed by atoms with van der Waals surface area (Å²) >= 11 is 0. The van der Waals surface area contributed by atoms with Crippen molar-refractivity contribution in [3.63, 3.8) is 0 Å². The van der Waals surface area contributed by atoms with Crippen LogP contribution in [0.15, 0.2) is 47.5 Å².